The Morgan fingerprint density at radius 2 is 0.929 bits per heavy atom. The fraction of sp³-hybridized carbons (Fsp3) is 0.364. The Morgan fingerprint density at radius 1 is 0.536 bits per heavy atom. The summed E-state index contributed by atoms with van der Waals surface area (Å²) < 4.78 is 20.1. The van der Waals surface area contributed by atoms with Gasteiger partial charge in [0.2, 0.25) is 0 Å². The minimum Gasteiger partial charge on any atom is -0.434 e. The second-order valence-electron chi connectivity index (χ2n) is 6.16. The summed E-state index contributed by atoms with van der Waals surface area (Å²) in [6.07, 6.45) is 1.89. The smallest absolute Gasteiger partial charge is 0.434 e. The Balaban J connectivity index is 1.39. The van der Waals surface area contributed by atoms with Crippen molar-refractivity contribution in [3.63, 3.8) is 0 Å². The minimum absolute atomic E-state index is 0.206. The van der Waals surface area contributed by atoms with Crippen LogP contribution in [0.5, 0.6) is 0 Å². The maximum absolute atomic E-state index is 11.5. The van der Waals surface area contributed by atoms with Crippen LogP contribution in [0.25, 0.3) is 0 Å². The number of rotatable bonds is 11. The number of carbonyl (C=O) groups is 2. The van der Waals surface area contributed by atoms with Gasteiger partial charge >= 0.3 is 12.3 Å². The fourth-order valence-electron chi connectivity index (χ4n) is 2.39. The topological polar surface area (TPSA) is 71.1 Å². The van der Waals surface area contributed by atoms with E-state index in [0.29, 0.717) is 13.2 Å². The lowest BCUT2D eigenvalue weighted by Crippen LogP contribution is -2.09. The predicted octanol–water partition coefficient (Wildman–Crippen LogP) is 5.25. The highest BCUT2D eigenvalue weighted by Crippen LogP contribution is 2.05. The highest BCUT2D eigenvalue weighted by Gasteiger charge is 2.05. The highest BCUT2D eigenvalue weighted by molar-refractivity contribution is 5.60. The van der Waals surface area contributed by atoms with Gasteiger partial charge in [0.05, 0.1) is 13.2 Å². The van der Waals surface area contributed by atoms with Crippen LogP contribution >= 0.6 is 0 Å². The lowest BCUT2D eigenvalue weighted by Gasteiger charge is -2.07. The van der Waals surface area contributed by atoms with Gasteiger partial charge in [0.1, 0.15) is 13.2 Å². The number of unbranched alkanes of at least 4 members (excludes halogenated alkanes) is 3. The Kier molecular flexibility index (Phi) is 10.0. The molecule has 0 aliphatic rings. The van der Waals surface area contributed by atoms with Crippen LogP contribution in [0.2, 0.25) is 0 Å². The Hall–Kier alpha value is -3.02. The van der Waals surface area contributed by atoms with Crippen molar-refractivity contribution in [1.82, 2.24) is 0 Å². The molecule has 2 aromatic carbocycles. The van der Waals surface area contributed by atoms with E-state index in [1.54, 1.807) is 0 Å². The molecular weight excluding hydrogens is 360 g/mol. The zero-order valence-corrected chi connectivity index (χ0v) is 15.9. The van der Waals surface area contributed by atoms with Gasteiger partial charge in [-0.3, -0.25) is 0 Å². The fourth-order valence-corrected chi connectivity index (χ4v) is 2.39. The molecule has 6 nitrogen and oxygen atoms in total. The molecule has 0 amide bonds. The Labute approximate surface area is 165 Å². The minimum atomic E-state index is -0.659. The van der Waals surface area contributed by atoms with E-state index < -0.39 is 12.3 Å². The summed E-state index contributed by atoms with van der Waals surface area (Å²) in [5, 5.41) is 0. The predicted molar refractivity (Wildman–Crippen MR) is 104 cm³/mol. The first-order valence-electron chi connectivity index (χ1n) is 9.41. The molecular formula is C22H26O6. The van der Waals surface area contributed by atoms with E-state index >= 15 is 0 Å². The van der Waals surface area contributed by atoms with Crippen molar-refractivity contribution in [2.45, 2.75) is 38.9 Å². The largest absolute Gasteiger partial charge is 0.508 e. The van der Waals surface area contributed by atoms with Gasteiger partial charge in [-0.2, -0.15) is 0 Å². The van der Waals surface area contributed by atoms with Gasteiger partial charge in [-0.25, -0.2) is 9.59 Å². The first kappa shape index (κ1) is 21.3. The summed E-state index contributed by atoms with van der Waals surface area (Å²) >= 11 is 0. The molecule has 2 rings (SSSR count). The van der Waals surface area contributed by atoms with Gasteiger partial charge in [0.15, 0.2) is 0 Å². The van der Waals surface area contributed by atoms with Gasteiger partial charge in [-0.05, 0) is 36.8 Å². The molecule has 0 aromatic heterocycles. The van der Waals surface area contributed by atoms with Gasteiger partial charge in [0.25, 0.3) is 0 Å². The quantitative estimate of drug-likeness (QED) is 0.388. The third-order valence-electron chi connectivity index (χ3n) is 3.88. The van der Waals surface area contributed by atoms with Gasteiger partial charge in [-0.1, -0.05) is 60.7 Å². The number of carbonyl (C=O) groups excluding carboxylic acids is 2. The second-order valence-corrected chi connectivity index (χ2v) is 6.16. The summed E-state index contributed by atoms with van der Waals surface area (Å²) in [5.74, 6) is 0. The molecule has 0 saturated heterocycles. The van der Waals surface area contributed by atoms with Crippen molar-refractivity contribution in [2.75, 3.05) is 13.2 Å². The molecule has 2 aromatic rings. The Morgan fingerprint density at radius 3 is 1.32 bits per heavy atom. The van der Waals surface area contributed by atoms with Crippen LogP contribution in [0.3, 0.4) is 0 Å². The van der Waals surface area contributed by atoms with E-state index in [1.807, 2.05) is 60.7 Å². The van der Waals surface area contributed by atoms with Crippen molar-refractivity contribution in [3.8, 4) is 0 Å². The summed E-state index contributed by atoms with van der Waals surface area (Å²) in [6, 6.07) is 18.9. The second kappa shape index (κ2) is 13.2. The molecule has 150 valence electrons. The molecule has 0 aliphatic carbocycles. The first-order chi connectivity index (χ1) is 13.7. The van der Waals surface area contributed by atoms with Crippen LogP contribution in [-0.4, -0.2) is 25.5 Å². The molecule has 0 heterocycles. The zero-order chi connectivity index (χ0) is 19.9. The molecule has 0 radical (unpaired) electrons. The van der Waals surface area contributed by atoms with Crippen molar-refractivity contribution in [2.24, 2.45) is 0 Å². The molecule has 0 spiro atoms. The monoisotopic (exact) mass is 386 g/mol. The molecule has 0 N–H and O–H groups in total. The molecule has 0 saturated carbocycles. The van der Waals surface area contributed by atoms with E-state index in [-0.39, 0.29) is 13.2 Å². The normalized spacial score (nSPS) is 10.1. The van der Waals surface area contributed by atoms with Crippen LogP contribution in [0, 0.1) is 0 Å². The number of hydrogen-bond donors (Lipinski definition) is 0. The molecule has 0 bridgehead atoms. The van der Waals surface area contributed by atoms with Crippen LogP contribution in [0.1, 0.15) is 36.8 Å². The molecule has 0 aliphatic heterocycles. The number of ether oxygens (including phenoxy) is 4. The zero-order valence-electron chi connectivity index (χ0n) is 15.9. The van der Waals surface area contributed by atoms with Gasteiger partial charge in [-0.15, -0.1) is 0 Å². The third kappa shape index (κ3) is 9.62. The molecule has 6 heteroatoms. The maximum Gasteiger partial charge on any atom is 0.508 e. The molecule has 28 heavy (non-hydrogen) atoms. The summed E-state index contributed by atoms with van der Waals surface area (Å²) in [4.78, 5) is 22.9. The average Bonchev–Trinajstić information content (AvgIpc) is 2.74. The van der Waals surface area contributed by atoms with Crippen LogP contribution in [0.4, 0.5) is 9.59 Å². The van der Waals surface area contributed by atoms with Crippen LogP contribution in [-0.2, 0) is 32.2 Å². The Bertz CT molecular complexity index is 625. The third-order valence-corrected chi connectivity index (χ3v) is 3.88. The standard InChI is InChI=1S/C22H26O6/c23-21(27-17-19-11-5-3-6-12-19)25-15-9-1-2-10-16-26-22(24)28-18-20-13-7-4-8-14-20/h3-8,11-14H,1-2,9-10,15-18H2. The van der Waals surface area contributed by atoms with Crippen molar-refractivity contribution >= 4 is 12.3 Å². The maximum atomic E-state index is 11.5. The van der Waals surface area contributed by atoms with E-state index in [2.05, 4.69) is 0 Å². The van der Waals surface area contributed by atoms with Gasteiger partial charge < -0.3 is 18.9 Å². The van der Waals surface area contributed by atoms with Gasteiger partial charge in [0, 0.05) is 0 Å². The summed E-state index contributed by atoms with van der Waals surface area (Å²) in [5.41, 5.74) is 1.84. The van der Waals surface area contributed by atoms with E-state index in [4.69, 9.17) is 18.9 Å². The average molecular weight is 386 g/mol. The number of hydrogen-bond acceptors (Lipinski definition) is 6. The van der Waals surface area contributed by atoms with E-state index in [9.17, 15) is 9.59 Å². The first-order valence-corrected chi connectivity index (χ1v) is 9.41. The van der Waals surface area contributed by atoms with Crippen molar-refractivity contribution < 1.29 is 28.5 Å². The molecule has 0 fully saturated rings. The van der Waals surface area contributed by atoms with E-state index in [1.165, 1.54) is 0 Å². The molecule has 0 atom stereocenters. The summed E-state index contributed by atoms with van der Waals surface area (Å²) in [6.45, 7) is 1.04. The van der Waals surface area contributed by atoms with Crippen LogP contribution < -0.4 is 0 Å². The number of benzene rings is 2. The SMILES string of the molecule is O=C(OCCCCCCOC(=O)OCc1ccccc1)OCc1ccccc1. The van der Waals surface area contributed by atoms with Crippen molar-refractivity contribution in [3.05, 3.63) is 71.8 Å². The lowest BCUT2D eigenvalue weighted by molar-refractivity contribution is 0.0454. The van der Waals surface area contributed by atoms with Crippen LogP contribution in [0.15, 0.2) is 60.7 Å². The molecule has 0 unspecified atom stereocenters. The van der Waals surface area contributed by atoms with E-state index in [0.717, 1.165) is 36.8 Å². The lowest BCUT2D eigenvalue weighted by atomic mass is 10.2. The van der Waals surface area contributed by atoms with Crippen molar-refractivity contribution in [1.29, 1.82) is 0 Å². The summed E-state index contributed by atoms with van der Waals surface area (Å²) in [7, 11) is 0. The highest BCUT2D eigenvalue weighted by atomic mass is 16.7.